The van der Waals surface area contributed by atoms with Crippen LogP contribution in [0.2, 0.25) is 0 Å². The van der Waals surface area contributed by atoms with Crippen LogP contribution in [0, 0.1) is 0 Å². The van der Waals surface area contributed by atoms with Crippen molar-refractivity contribution in [3.8, 4) is 5.75 Å². The Morgan fingerprint density at radius 3 is 2.31 bits per heavy atom. The molecule has 10 heteroatoms. The smallest absolute Gasteiger partial charge is 0.494 e. The molecular weight excluding hydrogens is 379 g/mol. The molecule has 3 rings (SSSR count). The average Bonchev–Trinajstić information content (AvgIpc) is 2.85. The average molecular weight is 402 g/mol. The van der Waals surface area contributed by atoms with E-state index in [1.165, 1.54) is 11.6 Å². The van der Waals surface area contributed by atoms with Crippen LogP contribution >= 0.6 is 0 Å². The minimum absolute atomic E-state index is 0.250. The number of pyridine rings is 1. The zero-order valence-electron chi connectivity index (χ0n) is 16.9. The summed E-state index contributed by atoms with van der Waals surface area (Å²) in [6, 6.07) is 4.96. The number of rotatable bonds is 4. The molecule has 1 aromatic heterocycles. The van der Waals surface area contributed by atoms with E-state index in [4.69, 9.17) is 14.4 Å². The lowest BCUT2D eigenvalue weighted by Crippen LogP contribution is -2.41. The van der Waals surface area contributed by atoms with Gasteiger partial charge in [-0.3, -0.25) is 14.4 Å². The second-order valence-electron chi connectivity index (χ2n) is 8.03. The van der Waals surface area contributed by atoms with Crippen LogP contribution in [0.25, 0.3) is 10.9 Å². The van der Waals surface area contributed by atoms with Gasteiger partial charge in [0.2, 0.25) is 0 Å². The third-order valence-electron chi connectivity index (χ3n) is 5.55. The first-order valence-electron chi connectivity index (χ1n) is 9.07. The van der Waals surface area contributed by atoms with E-state index in [1.807, 2.05) is 27.7 Å². The van der Waals surface area contributed by atoms with E-state index in [1.54, 1.807) is 18.2 Å². The second kappa shape index (κ2) is 6.89. The highest BCUT2D eigenvalue weighted by atomic mass is 16.7. The molecule has 0 atom stereocenters. The molecule has 1 amide bonds. The van der Waals surface area contributed by atoms with Gasteiger partial charge in [0.15, 0.2) is 0 Å². The van der Waals surface area contributed by atoms with E-state index in [0.29, 0.717) is 11.0 Å². The van der Waals surface area contributed by atoms with Crippen LogP contribution in [0.3, 0.4) is 0 Å². The number of nitrogens with zero attached hydrogens (tertiary/aromatic N) is 1. The Bertz CT molecular complexity index is 1060. The Kier molecular flexibility index (Phi) is 4.96. The van der Waals surface area contributed by atoms with Crippen LogP contribution in [0.5, 0.6) is 5.75 Å². The molecule has 2 heterocycles. The normalized spacial score (nSPS) is 17.5. The maximum atomic E-state index is 12.5. The van der Waals surface area contributed by atoms with Crippen LogP contribution in [0.4, 0.5) is 0 Å². The highest BCUT2D eigenvalue weighted by molar-refractivity contribution is 6.62. The number of aromatic nitrogens is 1. The fourth-order valence-corrected chi connectivity index (χ4v) is 3.12. The van der Waals surface area contributed by atoms with Crippen molar-refractivity contribution in [3.63, 3.8) is 0 Å². The fourth-order valence-electron chi connectivity index (χ4n) is 3.12. The lowest BCUT2D eigenvalue weighted by Gasteiger charge is -2.32. The maximum absolute atomic E-state index is 12.5. The second-order valence-corrected chi connectivity index (χ2v) is 8.03. The first kappa shape index (κ1) is 20.9. The summed E-state index contributed by atoms with van der Waals surface area (Å²) in [6.45, 7) is 6.99. The van der Waals surface area contributed by atoms with Gasteiger partial charge >= 0.3 is 13.1 Å². The van der Waals surface area contributed by atoms with Crippen molar-refractivity contribution in [2.75, 3.05) is 6.54 Å². The molecular formula is C19H23BN2O7. The van der Waals surface area contributed by atoms with Gasteiger partial charge in [-0.15, -0.1) is 0 Å². The van der Waals surface area contributed by atoms with E-state index >= 15 is 0 Å². The molecule has 3 N–H and O–H groups in total. The molecule has 0 spiro atoms. The number of aromatic hydroxyl groups is 1. The first-order chi connectivity index (χ1) is 13.4. The third kappa shape index (κ3) is 3.49. The summed E-state index contributed by atoms with van der Waals surface area (Å²) >= 11 is 0. The molecule has 1 aromatic carbocycles. The molecule has 29 heavy (non-hydrogen) atoms. The van der Waals surface area contributed by atoms with Crippen molar-refractivity contribution in [2.45, 2.75) is 38.9 Å². The van der Waals surface area contributed by atoms with Crippen molar-refractivity contribution < 1.29 is 29.1 Å². The lowest BCUT2D eigenvalue weighted by molar-refractivity contribution is -0.135. The number of benzene rings is 1. The number of fused-ring (bicyclic) bond motifs is 1. The Morgan fingerprint density at radius 2 is 1.76 bits per heavy atom. The number of carbonyl (C=O) groups excluding carboxylic acids is 1. The summed E-state index contributed by atoms with van der Waals surface area (Å²) in [5.74, 6) is -2.75. The van der Waals surface area contributed by atoms with Crippen LogP contribution in [0.15, 0.2) is 23.0 Å². The number of carboxylic acid groups (broad SMARTS) is 1. The Balaban J connectivity index is 2.10. The summed E-state index contributed by atoms with van der Waals surface area (Å²) in [5.41, 5.74) is -1.35. The quantitative estimate of drug-likeness (QED) is 0.630. The van der Waals surface area contributed by atoms with Crippen molar-refractivity contribution in [1.29, 1.82) is 0 Å². The highest BCUT2D eigenvalue weighted by Gasteiger charge is 2.51. The monoisotopic (exact) mass is 402 g/mol. The predicted octanol–water partition coefficient (Wildman–Crippen LogP) is 0.358. The SMILES string of the molecule is Cn1c(=O)c(C(=O)NCC(=O)O)c(O)c2cc(B3OC(C)(C)C(C)(C)O3)ccc21. The number of carboxylic acids is 1. The minimum atomic E-state index is -1.27. The number of amides is 1. The van der Waals surface area contributed by atoms with Crippen LogP contribution in [0.1, 0.15) is 38.1 Å². The molecule has 1 aliphatic rings. The van der Waals surface area contributed by atoms with Gasteiger partial charge in [-0.05, 0) is 45.3 Å². The van der Waals surface area contributed by atoms with Crippen LogP contribution in [-0.2, 0) is 21.2 Å². The van der Waals surface area contributed by atoms with Gasteiger partial charge in [0.25, 0.3) is 11.5 Å². The van der Waals surface area contributed by atoms with Crippen molar-refractivity contribution >= 4 is 35.4 Å². The predicted molar refractivity (Wildman–Crippen MR) is 107 cm³/mol. The van der Waals surface area contributed by atoms with Gasteiger partial charge < -0.3 is 29.4 Å². The van der Waals surface area contributed by atoms with Crippen molar-refractivity contribution in [1.82, 2.24) is 9.88 Å². The van der Waals surface area contributed by atoms with E-state index in [-0.39, 0.29) is 5.39 Å². The molecule has 0 radical (unpaired) electrons. The van der Waals surface area contributed by atoms with E-state index in [0.717, 1.165) is 0 Å². The van der Waals surface area contributed by atoms with E-state index in [9.17, 15) is 19.5 Å². The van der Waals surface area contributed by atoms with Gasteiger partial charge in [0, 0.05) is 12.4 Å². The molecule has 0 saturated carbocycles. The maximum Gasteiger partial charge on any atom is 0.494 e. The van der Waals surface area contributed by atoms with Gasteiger partial charge in [-0.2, -0.15) is 0 Å². The number of hydrogen-bond donors (Lipinski definition) is 3. The van der Waals surface area contributed by atoms with Crippen molar-refractivity contribution in [2.24, 2.45) is 7.05 Å². The number of aryl methyl sites for hydroxylation is 1. The molecule has 2 aromatic rings. The largest absolute Gasteiger partial charge is 0.506 e. The number of nitrogens with one attached hydrogen (secondary N) is 1. The van der Waals surface area contributed by atoms with Crippen LogP contribution < -0.4 is 16.3 Å². The summed E-state index contributed by atoms with van der Waals surface area (Å²) < 4.78 is 13.3. The third-order valence-corrected chi connectivity index (χ3v) is 5.55. The Hall–Kier alpha value is -2.85. The molecule has 1 fully saturated rings. The Morgan fingerprint density at radius 1 is 1.17 bits per heavy atom. The number of hydrogen-bond acceptors (Lipinski definition) is 6. The van der Waals surface area contributed by atoms with Gasteiger partial charge in [0.05, 0.1) is 16.7 Å². The number of carbonyl (C=O) groups is 2. The Labute approximate surface area is 167 Å². The first-order valence-corrected chi connectivity index (χ1v) is 9.07. The van der Waals surface area contributed by atoms with Gasteiger partial charge in [-0.25, -0.2) is 0 Å². The molecule has 9 nitrogen and oxygen atoms in total. The zero-order chi connectivity index (χ0) is 21.7. The zero-order valence-corrected chi connectivity index (χ0v) is 16.9. The molecule has 0 unspecified atom stereocenters. The fraction of sp³-hybridized carbons (Fsp3) is 0.421. The van der Waals surface area contributed by atoms with E-state index < -0.39 is 53.6 Å². The molecule has 1 saturated heterocycles. The van der Waals surface area contributed by atoms with Crippen LogP contribution in [-0.4, -0.2) is 51.5 Å². The minimum Gasteiger partial charge on any atom is -0.506 e. The molecule has 0 aliphatic carbocycles. The van der Waals surface area contributed by atoms with Gasteiger partial charge in [0.1, 0.15) is 17.9 Å². The topological polar surface area (TPSA) is 127 Å². The summed E-state index contributed by atoms with van der Waals surface area (Å²) in [7, 11) is 0.775. The summed E-state index contributed by atoms with van der Waals surface area (Å²) in [5, 5.41) is 21.7. The molecule has 0 bridgehead atoms. The van der Waals surface area contributed by atoms with Crippen molar-refractivity contribution in [3.05, 3.63) is 34.1 Å². The molecule has 154 valence electrons. The van der Waals surface area contributed by atoms with Gasteiger partial charge in [-0.1, -0.05) is 6.07 Å². The summed E-state index contributed by atoms with van der Waals surface area (Å²) in [6.07, 6.45) is 0. The lowest BCUT2D eigenvalue weighted by atomic mass is 9.78. The standard InChI is InChI=1S/C19H23BN2O7/c1-18(2)19(3,4)29-20(28-18)10-6-7-12-11(8-10)15(25)14(17(27)22(12)5)16(26)21-9-13(23)24/h6-8,25H,9H2,1-5H3,(H,21,26)(H,23,24). The number of aliphatic carboxylic acids is 1. The molecule has 1 aliphatic heterocycles. The van der Waals surface area contributed by atoms with E-state index in [2.05, 4.69) is 5.32 Å². The summed E-state index contributed by atoms with van der Waals surface area (Å²) in [4.78, 5) is 35.5. The highest BCUT2D eigenvalue weighted by Crippen LogP contribution is 2.37.